The van der Waals surface area contributed by atoms with Crippen LogP contribution in [0, 0.1) is 13.8 Å². The van der Waals surface area contributed by atoms with Gasteiger partial charge in [0.25, 0.3) is 0 Å². The zero-order valence-electron chi connectivity index (χ0n) is 16.6. The standard InChI is InChI=1S/C24H19N5O/c1-15-8-11-19(12-9-15)25-23-24-28-27-16(2)29(24)21-14-18(10-13-20(21)26-23)22(30)17-6-4-3-5-7-17/h3-14H,1-2H3,(H,25,26). The molecule has 3 aromatic carbocycles. The predicted octanol–water partition coefficient (Wildman–Crippen LogP) is 4.87. The van der Waals surface area contributed by atoms with Crippen molar-refractivity contribution < 1.29 is 4.79 Å². The third-order valence-corrected chi connectivity index (χ3v) is 5.10. The Morgan fingerprint density at radius 3 is 2.40 bits per heavy atom. The van der Waals surface area contributed by atoms with Crippen molar-refractivity contribution in [3.8, 4) is 0 Å². The number of anilines is 2. The Morgan fingerprint density at radius 2 is 1.63 bits per heavy atom. The first-order chi connectivity index (χ1) is 14.6. The highest BCUT2D eigenvalue weighted by molar-refractivity contribution is 6.10. The molecule has 0 bridgehead atoms. The summed E-state index contributed by atoms with van der Waals surface area (Å²) in [6.07, 6.45) is 0. The number of aromatic nitrogens is 4. The fourth-order valence-corrected chi connectivity index (χ4v) is 3.53. The van der Waals surface area contributed by atoms with Crippen molar-refractivity contribution in [1.29, 1.82) is 0 Å². The van der Waals surface area contributed by atoms with Gasteiger partial charge in [-0.3, -0.25) is 9.20 Å². The van der Waals surface area contributed by atoms with Gasteiger partial charge in [-0.2, -0.15) is 0 Å². The summed E-state index contributed by atoms with van der Waals surface area (Å²) in [6.45, 7) is 3.94. The van der Waals surface area contributed by atoms with Gasteiger partial charge in [-0.1, -0.05) is 48.0 Å². The lowest BCUT2D eigenvalue weighted by Crippen LogP contribution is -2.04. The van der Waals surface area contributed by atoms with E-state index in [1.165, 1.54) is 5.56 Å². The molecule has 0 unspecified atom stereocenters. The van der Waals surface area contributed by atoms with E-state index in [-0.39, 0.29) is 5.78 Å². The average Bonchev–Trinajstić information content (AvgIpc) is 3.17. The van der Waals surface area contributed by atoms with Gasteiger partial charge in [0.1, 0.15) is 5.82 Å². The molecule has 0 aliphatic heterocycles. The highest BCUT2D eigenvalue weighted by Gasteiger charge is 2.16. The molecule has 0 saturated heterocycles. The van der Waals surface area contributed by atoms with E-state index in [2.05, 4.69) is 15.5 Å². The highest BCUT2D eigenvalue weighted by atomic mass is 16.1. The van der Waals surface area contributed by atoms with Crippen LogP contribution in [0.2, 0.25) is 0 Å². The Balaban J connectivity index is 1.65. The van der Waals surface area contributed by atoms with E-state index in [1.807, 2.05) is 91.0 Å². The molecule has 146 valence electrons. The van der Waals surface area contributed by atoms with Crippen LogP contribution in [0.5, 0.6) is 0 Å². The Hall–Kier alpha value is -4.06. The Labute approximate surface area is 173 Å². The molecule has 0 aliphatic carbocycles. The molecule has 0 aliphatic rings. The molecule has 2 aromatic heterocycles. The second kappa shape index (κ2) is 7.08. The van der Waals surface area contributed by atoms with E-state index in [0.717, 1.165) is 22.5 Å². The molecule has 1 N–H and O–H groups in total. The third-order valence-electron chi connectivity index (χ3n) is 5.10. The number of hydrogen-bond donors (Lipinski definition) is 1. The lowest BCUT2D eigenvalue weighted by molar-refractivity contribution is 0.103. The first-order valence-electron chi connectivity index (χ1n) is 9.69. The second-order valence-corrected chi connectivity index (χ2v) is 7.26. The van der Waals surface area contributed by atoms with Crippen molar-refractivity contribution >= 4 is 34.0 Å². The summed E-state index contributed by atoms with van der Waals surface area (Å²) in [4.78, 5) is 17.7. The Bertz CT molecular complexity index is 1390. The maximum Gasteiger partial charge on any atom is 0.204 e. The van der Waals surface area contributed by atoms with Crippen LogP contribution in [-0.2, 0) is 0 Å². The summed E-state index contributed by atoms with van der Waals surface area (Å²) >= 11 is 0. The molecular formula is C24H19N5O. The van der Waals surface area contributed by atoms with Gasteiger partial charge >= 0.3 is 0 Å². The summed E-state index contributed by atoms with van der Waals surface area (Å²) in [7, 11) is 0. The van der Waals surface area contributed by atoms with E-state index in [9.17, 15) is 4.79 Å². The number of carbonyl (C=O) groups excluding carboxylic acids is 1. The monoisotopic (exact) mass is 393 g/mol. The van der Waals surface area contributed by atoms with Crippen LogP contribution in [0.25, 0.3) is 16.7 Å². The molecule has 0 saturated carbocycles. The number of nitrogens with zero attached hydrogens (tertiary/aromatic N) is 4. The molecular weight excluding hydrogens is 374 g/mol. The molecule has 0 radical (unpaired) electrons. The number of benzene rings is 3. The minimum atomic E-state index is -0.0294. The lowest BCUT2D eigenvalue weighted by Gasteiger charge is -2.11. The van der Waals surface area contributed by atoms with Crippen LogP contribution in [0.4, 0.5) is 11.5 Å². The highest BCUT2D eigenvalue weighted by Crippen LogP contribution is 2.26. The van der Waals surface area contributed by atoms with E-state index >= 15 is 0 Å². The quantitative estimate of drug-likeness (QED) is 0.441. The molecule has 5 rings (SSSR count). The molecule has 0 amide bonds. The van der Waals surface area contributed by atoms with Gasteiger partial charge in [-0.25, -0.2) is 4.98 Å². The molecule has 6 nitrogen and oxygen atoms in total. The van der Waals surface area contributed by atoms with Crippen LogP contribution in [-0.4, -0.2) is 25.4 Å². The van der Waals surface area contributed by atoms with Gasteiger partial charge in [0.2, 0.25) is 5.65 Å². The van der Waals surface area contributed by atoms with E-state index < -0.39 is 0 Å². The zero-order valence-corrected chi connectivity index (χ0v) is 16.6. The molecule has 30 heavy (non-hydrogen) atoms. The summed E-state index contributed by atoms with van der Waals surface area (Å²) in [6, 6.07) is 22.9. The number of hydrogen-bond acceptors (Lipinski definition) is 5. The van der Waals surface area contributed by atoms with Crippen LogP contribution in [0.1, 0.15) is 27.3 Å². The zero-order chi connectivity index (χ0) is 20.7. The summed E-state index contributed by atoms with van der Waals surface area (Å²) in [5.41, 5.74) is 5.53. The molecule has 0 spiro atoms. The normalized spacial score (nSPS) is 11.1. The topological polar surface area (TPSA) is 72.2 Å². The van der Waals surface area contributed by atoms with Crippen molar-refractivity contribution in [2.45, 2.75) is 13.8 Å². The smallest absolute Gasteiger partial charge is 0.204 e. The molecule has 2 heterocycles. The fourth-order valence-electron chi connectivity index (χ4n) is 3.53. The third kappa shape index (κ3) is 3.08. The van der Waals surface area contributed by atoms with Crippen molar-refractivity contribution in [3.05, 3.63) is 95.3 Å². The number of nitrogens with one attached hydrogen (secondary N) is 1. The Morgan fingerprint density at radius 1 is 0.867 bits per heavy atom. The van der Waals surface area contributed by atoms with Gasteiger partial charge in [-0.15, -0.1) is 10.2 Å². The van der Waals surface area contributed by atoms with Crippen molar-refractivity contribution in [3.63, 3.8) is 0 Å². The van der Waals surface area contributed by atoms with Crippen LogP contribution in [0.15, 0.2) is 72.8 Å². The average molecular weight is 393 g/mol. The SMILES string of the molecule is Cc1ccc(Nc2nc3ccc(C(=O)c4ccccc4)cc3n3c(C)nnc23)cc1. The summed E-state index contributed by atoms with van der Waals surface area (Å²) in [5, 5.41) is 11.9. The number of aryl methyl sites for hydroxylation is 2. The van der Waals surface area contributed by atoms with E-state index in [0.29, 0.717) is 22.6 Å². The van der Waals surface area contributed by atoms with Gasteiger partial charge in [0.05, 0.1) is 11.0 Å². The molecule has 0 atom stereocenters. The van der Waals surface area contributed by atoms with E-state index in [4.69, 9.17) is 4.98 Å². The van der Waals surface area contributed by atoms with Crippen molar-refractivity contribution in [2.75, 3.05) is 5.32 Å². The second-order valence-electron chi connectivity index (χ2n) is 7.26. The maximum absolute atomic E-state index is 12.9. The molecule has 6 heteroatoms. The van der Waals surface area contributed by atoms with Gasteiger partial charge < -0.3 is 5.32 Å². The first kappa shape index (κ1) is 18.0. The van der Waals surface area contributed by atoms with E-state index in [1.54, 1.807) is 0 Å². The minimum absolute atomic E-state index is 0.0294. The van der Waals surface area contributed by atoms with Gasteiger partial charge in [-0.05, 0) is 44.2 Å². The van der Waals surface area contributed by atoms with Crippen LogP contribution >= 0.6 is 0 Å². The summed E-state index contributed by atoms with van der Waals surface area (Å²) < 4.78 is 1.93. The van der Waals surface area contributed by atoms with Crippen LogP contribution < -0.4 is 5.32 Å². The minimum Gasteiger partial charge on any atom is -0.337 e. The fraction of sp³-hybridized carbons (Fsp3) is 0.0833. The Kier molecular flexibility index (Phi) is 4.25. The first-order valence-corrected chi connectivity index (χ1v) is 9.69. The predicted molar refractivity (Wildman–Crippen MR) is 117 cm³/mol. The summed E-state index contributed by atoms with van der Waals surface area (Å²) in [5.74, 6) is 1.32. The lowest BCUT2D eigenvalue weighted by atomic mass is 10.0. The van der Waals surface area contributed by atoms with Crippen molar-refractivity contribution in [2.24, 2.45) is 0 Å². The van der Waals surface area contributed by atoms with Crippen molar-refractivity contribution in [1.82, 2.24) is 19.6 Å². The number of carbonyl (C=O) groups is 1. The molecule has 0 fully saturated rings. The largest absolute Gasteiger partial charge is 0.337 e. The number of rotatable bonds is 4. The number of fused-ring (bicyclic) bond motifs is 3. The number of ketones is 1. The van der Waals surface area contributed by atoms with Gasteiger partial charge in [0.15, 0.2) is 11.6 Å². The van der Waals surface area contributed by atoms with Crippen LogP contribution in [0.3, 0.4) is 0 Å². The molecule has 5 aromatic rings. The maximum atomic E-state index is 12.9. The van der Waals surface area contributed by atoms with Gasteiger partial charge in [0, 0.05) is 16.8 Å².